The Hall–Kier alpha value is -2.46. The maximum absolute atomic E-state index is 10.4. The van der Waals surface area contributed by atoms with E-state index >= 15 is 0 Å². The molecule has 0 aliphatic carbocycles. The Morgan fingerprint density at radius 2 is 2.12 bits per heavy atom. The number of nitro benzene ring substituents is 1. The summed E-state index contributed by atoms with van der Waals surface area (Å²) in [6.07, 6.45) is 0. The van der Waals surface area contributed by atoms with Crippen LogP contribution in [0.25, 0.3) is 0 Å². The molecule has 17 heavy (non-hydrogen) atoms. The average Bonchev–Trinajstić information content (AvgIpc) is 2.30. The molecule has 1 aromatic rings. The Kier molecular flexibility index (Phi) is 4.14. The van der Waals surface area contributed by atoms with Gasteiger partial charge >= 0.3 is 5.97 Å². The number of nitrogens with one attached hydrogen (secondary N) is 1. The van der Waals surface area contributed by atoms with Crippen LogP contribution >= 0.6 is 0 Å². The monoisotopic (exact) mass is 235 g/mol. The topological polar surface area (TPSA) is 116 Å². The first-order valence-corrected chi connectivity index (χ1v) is 4.63. The van der Waals surface area contributed by atoms with Crippen molar-refractivity contribution in [1.29, 1.82) is 5.26 Å². The molecule has 1 aromatic carbocycles. The first-order valence-electron chi connectivity index (χ1n) is 4.63. The molecule has 0 radical (unpaired) electrons. The van der Waals surface area contributed by atoms with Crippen molar-refractivity contribution < 1.29 is 14.8 Å². The van der Waals surface area contributed by atoms with Gasteiger partial charge in [0.2, 0.25) is 0 Å². The van der Waals surface area contributed by atoms with E-state index in [-0.39, 0.29) is 12.2 Å². The summed E-state index contributed by atoms with van der Waals surface area (Å²) in [4.78, 5) is 20.2. The summed E-state index contributed by atoms with van der Waals surface area (Å²) in [5, 5.41) is 30.2. The average molecular weight is 235 g/mol. The number of carbonyl (C=O) groups is 1. The zero-order valence-corrected chi connectivity index (χ0v) is 8.66. The standard InChI is InChI=1S/C10H9N3O4/c11-5-9(12-6-10(14)15)7-1-3-8(4-2-7)13(16)17/h1-4,9,12H,6H2,(H,14,15). The molecule has 7 heteroatoms. The van der Waals surface area contributed by atoms with Crippen LogP contribution in [-0.2, 0) is 4.79 Å². The molecule has 0 aromatic heterocycles. The van der Waals surface area contributed by atoms with E-state index in [2.05, 4.69) is 5.32 Å². The zero-order chi connectivity index (χ0) is 12.8. The third-order valence-electron chi connectivity index (χ3n) is 2.02. The Labute approximate surface area is 96.4 Å². The van der Waals surface area contributed by atoms with Gasteiger partial charge in [-0.3, -0.25) is 20.2 Å². The van der Waals surface area contributed by atoms with Crippen LogP contribution in [0.5, 0.6) is 0 Å². The summed E-state index contributed by atoms with van der Waals surface area (Å²) in [5.74, 6) is -1.08. The predicted molar refractivity (Wildman–Crippen MR) is 57.1 cm³/mol. The van der Waals surface area contributed by atoms with Gasteiger partial charge in [-0.25, -0.2) is 0 Å². The van der Waals surface area contributed by atoms with Gasteiger partial charge < -0.3 is 5.11 Å². The number of carboxylic acids is 1. The molecular weight excluding hydrogens is 226 g/mol. The number of carboxylic acid groups (broad SMARTS) is 1. The molecule has 0 fully saturated rings. The lowest BCUT2D eigenvalue weighted by molar-refractivity contribution is -0.384. The Bertz CT molecular complexity index is 463. The quantitative estimate of drug-likeness (QED) is 0.576. The van der Waals surface area contributed by atoms with Crippen molar-refractivity contribution in [2.24, 2.45) is 0 Å². The van der Waals surface area contributed by atoms with Crippen LogP contribution in [0.4, 0.5) is 5.69 Å². The number of hydrogen-bond acceptors (Lipinski definition) is 5. The molecule has 0 amide bonds. The Morgan fingerprint density at radius 1 is 1.53 bits per heavy atom. The number of non-ortho nitro benzene ring substituents is 1. The number of rotatable bonds is 5. The van der Waals surface area contributed by atoms with Crippen molar-refractivity contribution in [3.63, 3.8) is 0 Å². The van der Waals surface area contributed by atoms with E-state index in [9.17, 15) is 14.9 Å². The first kappa shape index (κ1) is 12.6. The van der Waals surface area contributed by atoms with Crippen molar-refractivity contribution in [2.45, 2.75) is 6.04 Å². The van der Waals surface area contributed by atoms with Crippen molar-refractivity contribution in [3.8, 4) is 6.07 Å². The number of benzene rings is 1. The lowest BCUT2D eigenvalue weighted by atomic mass is 10.1. The third kappa shape index (κ3) is 3.55. The van der Waals surface area contributed by atoms with Gasteiger partial charge in [-0.15, -0.1) is 0 Å². The highest BCUT2D eigenvalue weighted by atomic mass is 16.6. The number of nitrogens with zero attached hydrogens (tertiary/aromatic N) is 2. The second-order valence-electron chi connectivity index (χ2n) is 3.19. The lowest BCUT2D eigenvalue weighted by Crippen LogP contribution is -2.26. The summed E-state index contributed by atoms with van der Waals surface area (Å²) < 4.78 is 0. The number of nitro groups is 1. The maximum Gasteiger partial charge on any atom is 0.317 e. The Balaban J connectivity index is 2.79. The number of aliphatic carboxylic acids is 1. The van der Waals surface area contributed by atoms with E-state index in [1.807, 2.05) is 6.07 Å². The van der Waals surface area contributed by atoms with E-state index < -0.39 is 16.9 Å². The van der Waals surface area contributed by atoms with E-state index in [1.54, 1.807) is 0 Å². The molecule has 1 atom stereocenters. The van der Waals surface area contributed by atoms with Crippen LogP contribution in [0.15, 0.2) is 24.3 Å². The third-order valence-corrected chi connectivity index (χ3v) is 2.02. The molecule has 0 saturated carbocycles. The molecule has 7 nitrogen and oxygen atoms in total. The smallest absolute Gasteiger partial charge is 0.317 e. The van der Waals surface area contributed by atoms with Crippen LogP contribution in [0.2, 0.25) is 0 Å². The highest BCUT2D eigenvalue weighted by molar-refractivity contribution is 5.69. The fourth-order valence-electron chi connectivity index (χ4n) is 1.22. The fourth-order valence-corrected chi connectivity index (χ4v) is 1.22. The van der Waals surface area contributed by atoms with Crippen LogP contribution in [0, 0.1) is 21.4 Å². The second kappa shape index (κ2) is 5.58. The molecule has 2 N–H and O–H groups in total. The maximum atomic E-state index is 10.4. The molecule has 0 saturated heterocycles. The van der Waals surface area contributed by atoms with Crippen molar-refractivity contribution in [1.82, 2.24) is 5.32 Å². The molecule has 88 valence electrons. The summed E-state index contributed by atoms with van der Waals surface area (Å²) >= 11 is 0. The van der Waals surface area contributed by atoms with Crippen LogP contribution in [0.1, 0.15) is 11.6 Å². The van der Waals surface area contributed by atoms with E-state index in [1.165, 1.54) is 24.3 Å². The minimum atomic E-state index is -1.08. The second-order valence-corrected chi connectivity index (χ2v) is 3.19. The van der Waals surface area contributed by atoms with E-state index in [4.69, 9.17) is 10.4 Å². The molecule has 0 bridgehead atoms. The van der Waals surface area contributed by atoms with Crippen molar-refractivity contribution >= 4 is 11.7 Å². The SMILES string of the molecule is N#CC(NCC(=O)O)c1ccc([N+](=O)[O-])cc1. The zero-order valence-electron chi connectivity index (χ0n) is 8.66. The highest BCUT2D eigenvalue weighted by Gasteiger charge is 2.13. The van der Waals surface area contributed by atoms with Gasteiger partial charge in [0, 0.05) is 12.1 Å². The van der Waals surface area contributed by atoms with E-state index in [0.717, 1.165) is 0 Å². The minimum Gasteiger partial charge on any atom is -0.480 e. The van der Waals surface area contributed by atoms with Crippen LogP contribution < -0.4 is 5.32 Å². The highest BCUT2D eigenvalue weighted by Crippen LogP contribution is 2.17. The van der Waals surface area contributed by atoms with Gasteiger partial charge in [0.15, 0.2) is 0 Å². The summed E-state index contributed by atoms with van der Waals surface area (Å²) in [6, 6.07) is 6.45. The summed E-state index contributed by atoms with van der Waals surface area (Å²) in [5.41, 5.74) is 0.406. The van der Waals surface area contributed by atoms with Gasteiger partial charge in [-0.05, 0) is 17.7 Å². The minimum absolute atomic E-state index is 0.0799. The lowest BCUT2D eigenvalue weighted by Gasteiger charge is -2.09. The number of nitriles is 1. The summed E-state index contributed by atoms with van der Waals surface area (Å²) in [7, 11) is 0. The number of hydrogen-bond donors (Lipinski definition) is 2. The van der Waals surface area contributed by atoms with Crippen molar-refractivity contribution in [3.05, 3.63) is 39.9 Å². The molecule has 1 unspecified atom stereocenters. The van der Waals surface area contributed by atoms with Crippen LogP contribution in [-0.4, -0.2) is 22.5 Å². The molecule has 0 heterocycles. The molecule has 1 rings (SSSR count). The van der Waals surface area contributed by atoms with Crippen LogP contribution in [0.3, 0.4) is 0 Å². The predicted octanol–water partition coefficient (Wildman–Crippen LogP) is 0.834. The molecule has 0 spiro atoms. The van der Waals surface area contributed by atoms with Gasteiger partial charge in [-0.2, -0.15) is 5.26 Å². The van der Waals surface area contributed by atoms with Gasteiger partial charge in [0.05, 0.1) is 17.5 Å². The van der Waals surface area contributed by atoms with Crippen molar-refractivity contribution in [2.75, 3.05) is 6.54 Å². The van der Waals surface area contributed by atoms with Gasteiger partial charge in [-0.1, -0.05) is 0 Å². The normalized spacial score (nSPS) is 11.5. The molecular formula is C10H9N3O4. The largest absolute Gasteiger partial charge is 0.480 e. The van der Waals surface area contributed by atoms with Gasteiger partial charge in [0.25, 0.3) is 5.69 Å². The fraction of sp³-hybridized carbons (Fsp3) is 0.200. The van der Waals surface area contributed by atoms with Gasteiger partial charge in [0.1, 0.15) is 6.04 Å². The first-order chi connectivity index (χ1) is 8.04. The Morgan fingerprint density at radius 3 is 2.53 bits per heavy atom. The van der Waals surface area contributed by atoms with E-state index in [0.29, 0.717) is 5.56 Å². The summed E-state index contributed by atoms with van der Waals surface area (Å²) in [6.45, 7) is -0.352. The molecule has 0 aliphatic rings. The molecule has 0 aliphatic heterocycles.